The Morgan fingerprint density at radius 3 is 2.85 bits per heavy atom. The maximum atomic E-state index is 12.4. The van der Waals surface area contributed by atoms with Crippen molar-refractivity contribution in [3.63, 3.8) is 0 Å². The molecule has 8 nitrogen and oxygen atoms in total. The predicted octanol–water partition coefficient (Wildman–Crippen LogP) is 1.11. The molecule has 3 heterocycles. The number of rotatable bonds is 4. The van der Waals surface area contributed by atoms with Crippen molar-refractivity contribution in [3.8, 4) is 0 Å². The maximum absolute atomic E-state index is 12.4. The van der Waals surface area contributed by atoms with E-state index < -0.39 is 15.9 Å². The molecule has 11 heteroatoms. The molecule has 0 spiro atoms. The molecule has 4 N–H and O–H groups in total. The third kappa shape index (κ3) is 3.07. The molecule has 1 amide bonds. The molecule has 0 saturated heterocycles. The quantitative estimate of drug-likeness (QED) is 0.592. The first-order chi connectivity index (χ1) is 12.3. The fraction of sp³-hybridized carbons (Fsp3) is 0.267. The maximum Gasteiger partial charge on any atom is 0.287 e. The number of nitrogens with two attached hydrogens (primary N) is 1. The molecule has 26 heavy (non-hydrogen) atoms. The molecule has 0 atom stereocenters. The second kappa shape index (κ2) is 6.27. The van der Waals surface area contributed by atoms with Crippen LogP contribution < -0.4 is 16.0 Å². The number of carbonyl (C=O) groups excluding carboxylic acids is 1. The van der Waals surface area contributed by atoms with E-state index in [2.05, 4.69) is 15.3 Å². The van der Waals surface area contributed by atoms with Gasteiger partial charge in [-0.15, -0.1) is 22.7 Å². The van der Waals surface area contributed by atoms with Gasteiger partial charge in [0.2, 0.25) is 15.8 Å². The highest BCUT2D eigenvalue weighted by Crippen LogP contribution is 2.34. The van der Waals surface area contributed by atoms with Crippen molar-refractivity contribution in [2.45, 2.75) is 30.0 Å². The molecule has 0 bridgehead atoms. The Hall–Kier alpha value is -2.08. The highest BCUT2D eigenvalue weighted by Gasteiger charge is 2.22. The van der Waals surface area contributed by atoms with Crippen molar-refractivity contribution in [3.05, 3.63) is 43.6 Å². The Labute approximate surface area is 156 Å². The summed E-state index contributed by atoms with van der Waals surface area (Å²) >= 11 is 2.44. The number of hydrogen-bond acceptors (Lipinski definition) is 7. The number of primary sulfonamides is 1. The Kier molecular flexibility index (Phi) is 4.18. The third-order valence-electron chi connectivity index (χ3n) is 4.13. The van der Waals surface area contributed by atoms with Gasteiger partial charge in [0.1, 0.15) is 9.04 Å². The Balaban J connectivity index is 1.55. The molecule has 0 radical (unpaired) electrons. The summed E-state index contributed by atoms with van der Waals surface area (Å²) in [5, 5.41) is 8.29. The van der Waals surface area contributed by atoms with Gasteiger partial charge in [0.05, 0.1) is 11.9 Å². The number of nitrogens with one attached hydrogen (secondary N) is 2. The number of aromatic amines is 1. The molecular weight excluding hydrogens is 396 g/mol. The van der Waals surface area contributed by atoms with Crippen LogP contribution in [-0.2, 0) is 29.4 Å². The lowest BCUT2D eigenvalue weighted by atomic mass is 10.2. The summed E-state index contributed by atoms with van der Waals surface area (Å²) in [5.74, 6) is -0.575. The van der Waals surface area contributed by atoms with Crippen LogP contribution in [0.15, 0.2) is 21.1 Å². The fourth-order valence-electron chi connectivity index (χ4n) is 2.97. The van der Waals surface area contributed by atoms with Crippen LogP contribution in [0, 0.1) is 0 Å². The van der Waals surface area contributed by atoms with Gasteiger partial charge in [0, 0.05) is 9.75 Å². The van der Waals surface area contributed by atoms with Gasteiger partial charge < -0.3 is 10.3 Å². The van der Waals surface area contributed by atoms with Crippen molar-refractivity contribution < 1.29 is 13.2 Å². The number of nitrogens with zero attached hydrogens (tertiary/aromatic N) is 1. The number of aryl methyl sites for hydroxylation is 2. The molecule has 3 aromatic rings. The van der Waals surface area contributed by atoms with E-state index in [1.807, 2.05) is 0 Å². The first-order valence-corrected chi connectivity index (χ1v) is 10.9. The highest BCUT2D eigenvalue weighted by atomic mass is 32.2. The van der Waals surface area contributed by atoms with Crippen molar-refractivity contribution >= 4 is 48.8 Å². The Morgan fingerprint density at radius 2 is 2.12 bits per heavy atom. The summed E-state index contributed by atoms with van der Waals surface area (Å²) < 4.78 is 22.6. The lowest BCUT2D eigenvalue weighted by Crippen LogP contribution is -2.27. The number of aromatic nitrogens is 2. The SMILES string of the molecule is NS(=O)(=O)c1ccc(CNC(=O)c2nc3sc4c(c3c(=O)[nH]2)CCC4)s1. The molecule has 0 unspecified atom stereocenters. The number of thiophene rings is 2. The summed E-state index contributed by atoms with van der Waals surface area (Å²) in [7, 11) is -3.75. The number of hydrogen-bond donors (Lipinski definition) is 3. The van der Waals surface area contributed by atoms with Crippen molar-refractivity contribution in [2.75, 3.05) is 0 Å². The molecule has 4 rings (SSSR count). The van der Waals surface area contributed by atoms with Gasteiger partial charge >= 0.3 is 0 Å². The summed E-state index contributed by atoms with van der Waals surface area (Å²) in [6.07, 6.45) is 2.86. The van der Waals surface area contributed by atoms with Gasteiger partial charge in [-0.25, -0.2) is 18.5 Å². The van der Waals surface area contributed by atoms with Crippen LogP contribution >= 0.6 is 22.7 Å². The number of H-pyrrole nitrogens is 1. The minimum atomic E-state index is -3.75. The zero-order chi connectivity index (χ0) is 18.5. The molecule has 136 valence electrons. The van der Waals surface area contributed by atoms with Gasteiger partial charge in [0.25, 0.3) is 11.5 Å². The second-order valence-corrected chi connectivity index (χ2v) is 9.94. The first-order valence-electron chi connectivity index (χ1n) is 7.77. The molecule has 0 fully saturated rings. The highest BCUT2D eigenvalue weighted by molar-refractivity contribution is 7.91. The average Bonchev–Trinajstić information content (AvgIpc) is 3.26. The Morgan fingerprint density at radius 1 is 1.31 bits per heavy atom. The lowest BCUT2D eigenvalue weighted by Gasteiger charge is -2.03. The number of fused-ring (bicyclic) bond motifs is 3. The van der Waals surface area contributed by atoms with Gasteiger partial charge in [-0.3, -0.25) is 9.59 Å². The second-order valence-electron chi connectivity index (χ2n) is 5.90. The summed E-state index contributed by atoms with van der Waals surface area (Å²) in [5.41, 5.74) is 0.756. The van der Waals surface area contributed by atoms with Gasteiger partial charge in [-0.2, -0.15) is 0 Å². The zero-order valence-corrected chi connectivity index (χ0v) is 15.8. The first kappa shape index (κ1) is 17.3. The Bertz CT molecular complexity index is 1190. The minimum absolute atomic E-state index is 0.0304. The fourth-order valence-corrected chi connectivity index (χ4v) is 5.95. The van der Waals surface area contributed by atoms with Crippen LogP contribution in [0.3, 0.4) is 0 Å². The van der Waals surface area contributed by atoms with Crippen LogP contribution in [0.5, 0.6) is 0 Å². The van der Waals surface area contributed by atoms with Crippen molar-refractivity contribution in [1.29, 1.82) is 0 Å². The van der Waals surface area contributed by atoms with Gasteiger partial charge in [0.15, 0.2) is 0 Å². The van der Waals surface area contributed by atoms with Crippen LogP contribution in [0.4, 0.5) is 0 Å². The van der Waals surface area contributed by atoms with Crippen molar-refractivity contribution in [1.82, 2.24) is 15.3 Å². The zero-order valence-electron chi connectivity index (χ0n) is 13.4. The van der Waals surface area contributed by atoms with E-state index in [0.717, 1.165) is 36.2 Å². The largest absolute Gasteiger partial charge is 0.344 e. The van der Waals surface area contributed by atoms with E-state index in [1.54, 1.807) is 6.07 Å². The smallest absolute Gasteiger partial charge is 0.287 e. The summed E-state index contributed by atoms with van der Waals surface area (Å²) in [6, 6.07) is 2.97. The van der Waals surface area contributed by atoms with E-state index in [0.29, 0.717) is 15.1 Å². The molecule has 3 aromatic heterocycles. The number of sulfonamides is 1. The molecular formula is C15H14N4O4S3. The topological polar surface area (TPSA) is 135 Å². The monoisotopic (exact) mass is 410 g/mol. The summed E-state index contributed by atoms with van der Waals surface area (Å²) in [4.78, 5) is 33.9. The predicted molar refractivity (Wildman–Crippen MR) is 99.1 cm³/mol. The number of carbonyl (C=O) groups is 1. The minimum Gasteiger partial charge on any atom is -0.344 e. The van der Waals surface area contributed by atoms with E-state index >= 15 is 0 Å². The lowest BCUT2D eigenvalue weighted by molar-refractivity contribution is 0.0941. The third-order valence-corrected chi connectivity index (χ3v) is 7.84. The standard InChI is InChI=1S/C15H14N4O4S3/c16-26(22,23)10-5-4-7(24-10)6-17-14(21)12-18-13(20)11-8-2-1-3-9(8)25-15(11)19-12/h4-5H,1-3,6H2,(H,17,21)(H2,16,22,23)(H,18,19,20). The van der Waals surface area contributed by atoms with E-state index in [1.165, 1.54) is 22.3 Å². The van der Waals surface area contributed by atoms with E-state index in [9.17, 15) is 18.0 Å². The van der Waals surface area contributed by atoms with Crippen LogP contribution in [0.25, 0.3) is 10.2 Å². The molecule has 0 aromatic carbocycles. The van der Waals surface area contributed by atoms with Gasteiger partial charge in [-0.1, -0.05) is 0 Å². The molecule has 0 saturated carbocycles. The van der Waals surface area contributed by atoms with Gasteiger partial charge in [-0.05, 0) is 37.0 Å². The molecule has 1 aliphatic carbocycles. The summed E-state index contributed by atoms with van der Waals surface area (Å²) in [6.45, 7) is 0.113. The average molecular weight is 411 g/mol. The van der Waals surface area contributed by atoms with Crippen LogP contribution in [0.1, 0.15) is 32.4 Å². The van der Waals surface area contributed by atoms with Crippen LogP contribution in [0.2, 0.25) is 0 Å². The van der Waals surface area contributed by atoms with Crippen molar-refractivity contribution in [2.24, 2.45) is 5.14 Å². The van der Waals surface area contributed by atoms with Crippen LogP contribution in [-0.4, -0.2) is 24.3 Å². The van der Waals surface area contributed by atoms with E-state index in [-0.39, 0.29) is 22.1 Å². The number of amides is 1. The normalized spacial score (nSPS) is 13.9. The van der Waals surface area contributed by atoms with E-state index in [4.69, 9.17) is 5.14 Å². The molecule has 0 aliphatic heterocycles. The molecule has 1 aliphatic rings.